The van der Waals surface area contributed by atoms with Crippen molar-refractivity contribution >= 4 is 27.3 Å². The minimum absolute atomic E-state index is 0.103. The fraction of sp³-hybridized carbons (Fsp3) is 0.333. The topological polar surface area (TPSA) is 12.0 Å². The van der Waals surface area contributed by atoms with Crippen LogP contribution in [0.5, 0.6) is 0 Å². The van der Waals surface area contributed by atoms with Crippen LogP contribution in [0.3, 0.4) is 0 Å². The monoisotopic (exact) mass is 341 g/mol. The fourth-order valence-electron chi connectivity index (χ4n) is 2.21. The molecule has 1 heterocycles. The van der Waals surface area contributed by atoms with Gasteiger partial charge in [-0.05, 0) is 71.4 Å². The average molecular weight is 342 g/mol. The van der Waals surface area contributed by atoms with Crippen LogP contribution in [-0.4, -0.2) is 13.6 Å². The predicted molar refractivity (Wildman–Crippen MR) is 83.2 cm³/mol. The lowest BCUT2D eigenvalue weighted by Gasteiger charge is -2.16. The summed E-state index contributed by atoms with van der Waals surface area (Å²) in [7, 11) is 1.94. The van der Waals surface area contributed by atoms with Crippen LogP contribution in [0.15, 0.2) is 40.2 Å². The highest BCUT2D eigenvalue weighted by Gasteiger charge is 2.14. The van der Waals surface area contributed by atoms with Crippen LogP contribution in [0.2, 0.25) is 0 Å². The Labute approximate surface area is 126 Å². The molecule has 1 atom stereocenters. The van der Waals surface area contributed by atoms with E-state index in [9.17, 15) is 4.39 Å². The highest BCUT2D eigenvalue weighted by atomic mass is 79.9. The Bertz CT molecular complexity index is 526. The smallest absolute Gasteiger partial charge is 0.126 e. The molecule has 102 valence electrons. The van der Waals surface area contributed by atoms with Crippen LogP contribution < -0.4 is 5.32 Å². The van der Waals surface area contributed by atoms with Crippen LogP contribution in [0.1, 0.15) is 10.4 Å². The van der Waals surface area contributed by atoms with Crippen molar-refractivity contribution in [3.63, 3.8) is 0 Å². The van der Waals surface area contributed by atoms with Gasteiger partial charge in [0.05, 0.1) is 0 Å². The molecule has 0 aliphatic rings. The van der Waals surface area contributed by atoms with E-state index in [4.69, 9.17) is 0 Å². The number of thiophene rings is 1. The van der Waals surface area contributed by atoms with Crippen molar-refractivity contribution < 1.29 is 4.39 Å². The molecule has 0 amide bonds. The number of hydrogen-bond acceptors (Lipinski definition) is 2. The second-order valence-corrected chi connectivity index (χ2v) is 6.47. The maximum atomic E-state index is 13.7. The van der Waals surface area contributed by atoms with E-state index in [1.807, 2.05) is 19.2 Å². The van der Waals surface area contributed by atoms with Gasteiger partial charge in [0.1, 0.15) is 5.82 Å². The first kappa shape index (κ1) is 14.7. The zero-order valence-electron chi connectivity index (χ0n) is 10.8. The third-order valence-electron chi connectivity index (χ3n) is 3.12. The van der Waals surface area contributed by atoms with Gasteiger partial charge in [-0.15, -0.1) is 11.3 Å². The summed E-state index contributed by atoms with van der Waals surface area (Å²) in [5.74, 6) is 0.297. The van der Waals surface area contributed by atoms with Crippen LogP contribution in [-0.2, 0) is 12.8 Å². The van der Waals surface area contributed by atoms with Gasteiger partial charge < -0.3 is 5.32 Å². The van der Waals surface area contributed by atoms with Crippen molar-refractivity contribution in [2.75, 3.05) is 13.6 Å². The zero-order chi connectivity index (χ0) is 13.7. The molecule has 1 nitrogen and oxygen atoms in total. The quantitative estimate of drug-likeness (QED) is 0.827. The molecule has 0 saturated carbocycles. The number of benzene rings is 1. The average Bonchev–Trinajstić information content (AvgIpc) is 2.78. The fourth-order valence-corrected chi connectivity index (χ4v) is 3.84. The first-order valence-electron chi connectivity index (χ1n) is 6.30. The number of halogens is 2. The van der Waals surface area contributed by atoms with E-state index in [0.29, 0.717) is 5.92 Å². The van der Waals surface area contributed by atoms with Crippen molar-refractivity contribution in [2.45, 2.75) is 12.8 Å². The van der Waals surface area contributed by atoms with E-state index in [1.54, 1.807) is 17.4 Å². The maximum Gasteiger partial charge on any atom is 0.126 e. The van der Waals surface area contributed by atoms with Crippen molar-refractivity contribution in [2.24, 2.45) is 5.92 Å². The summed E-state index contributed by atoms with van der Waals surface area (Å²) in [5, 5.41) is 5.29. The lowest BCUT2D eigenvalue weighted by molar-refractivity contribution is 0.482. The van der Waals surface area contributed by atoms with Crippen LogP contribution in [0.4, 0.5) is 4.39 Å². The number of rotatable bonds is 6. The molecule has 0 aliphatic heterocycles. The van der Waals surface area contributed by atoms with Gasteiger partial charge in [-0.25, -0.2) is 4.39 Å². The van der Waals surface area contributed by atoms with Gasteiger partial charge in [0.25, 0.3) is 0 Å². The first-order valence-corrected chi connectivity index (χ1v) is 7.98. The molecular formula is C15H17BrFNS. The summed E-state index contributed by atoms with van der Waals surface area (Å²) >= 11 is 5.31. The zero-order valence-corrected chi connectivity index (χ0v) is 13.2. The molecule has 1 unspecified atom stereocenters. The first-order chi connectivity index (χ1) is 9.20. The molecule has 1 N–H and O–H groups in total. The summed E-state index contributed by atoms with van der Waals surface area (Å²) in [5.41, 5.74) is 0.801. The standard InChI is InChI=1S/C15H17BrFNS/c1-18-10-11(9-15-13(16)6-7-19-15)8-12-4-2-3-5-14(12)17/h2-7,11,18H,8-10H2,1H3. The molecule has 1 aromatic heterocycles. The second-order valence-electron chi connectivity index (χ2n) is 4.62. The molecule has 0 aliphatic carbocycles. The van der Waals surface area contributed by atoms with Gasteiger partial charge in [-0.1, -0.05) is 18.2 Å². The highest BCUT2D eigenvalue weighted by Crippen LogP contribution is 2.27. The van der Waals surface area contributed by atoms with E-state index >= 15 is 0 Å². The van der Waals surface area contributed by atoms with Gasteiger partial charge in [-0.2, -0.15) is 0 Å². The Morgan fingerprint density at radius 3 is 2.68 bits per heavy atom. The molecule has 0 fully saturated rings. The summed E-state index contributed by atoms with van der Waals surface area (Å²) in [6, 6.07) is 9.12. The van der Waals surface area contributed by atoms with E-state index in [1.165, 1.54) is 10.9 Å². The Balaban J connectivity index is 2.08. The molecule has 0 spiro atoms. The van der Waals surface area contributed by atoms with E-state index in [2.05, 4.69) is 32.7 Å². The normalized spacial score (nSPS) is 12.6. The Morgan fingerprint density at radius 2 is 2.05 bits per heavy atom. The lowest BCUT2D eigenvalue weighted by Crippen LogP contribution is -2.23. The van der Waals surface area contributed by atoms with Gasteiger partial charge >= 0.3 is 0 Å². The molecule has 1 aromatic carbocycles. The molecule has 2 aromatic rings. The van der Waals surface area contributed by atoms with Crippen molar-refractivity contribution in [1.29, 1.82) is 0 Å². The minimum atomic E-state index is -0.103. The summed E-state index contributed by atoms with van der Waals surface area (Å²) in [4.78, 5) is 1.33. The minimum Gasteiger partial charge on any atom is -0.319 e. The van der Waals surface area contributed by atoms with Crippen molar-refractivity contribution in [3.8, 4) is 0 Å². The summed E-state index contributed by atoms with van der Waals surface area (Å²) < 4.78 is 14.9. The molecular weight excluding hydrogens is 325 g/mol. The Hall–Kier alpha value is -0.710. The van der Waals surface area contributed by atoms with E-state index in [0.717, 1.165) is 29.4 Å². The van der Waals surface area contributed by atoms with E-state index in [-0.39, 0.29) is 5.82 Å². The van der Waals surface area contributed by atoms with Gasteiger partial charge in [0, 0.05) is 9.35 Å². The molecule has 2 rings (SSSR count). The summed E-state index contributed by atoms with van der Waals surface area (Å²) in [6.07, 6.45) is 1.73. The predicted octanol–water partition coefficient (Wildman–Crippen LogP) is 4.27. The Kier molecular flexibility index (Phi) is 5.55. The molecule has 4 heteroatoms. The van der Waals surface area contributed by atoms with Gasteiger partial charge in [0.2, 0.25) is 0 Å². The summed E-state index contributed by atoms with van der Waals surface area (Å²) in [6.45, 7) is 0.888. The molecule has 0 saturated heterocycles. The van der Waals surface area contributed by atoms with Crippen molar-refractivity contribution in [1.82, 2.24) is 5.32 Å². The maximum absolute atomic E-state index is 13.7. The second kappa shape index (κ2) is 7.17. The lowest BCUT2D eigenvalue weighted by atomic mass is 9.95. The van der Waals surface area contributed by atoms with Gasteiger partial charge in [0.15, 0.2) is 0 Å². The van der Waals surface area contributed by atoms with Crippen molar-refractivity contribution in [3.05, 3.63) is 56.4 Å². The third-order valence-corrected chi connectivity index (χ3v) is 5.07. The number of hydrogen-bond donors (Lipinski definition) is 1. The SMILES string of the molecule is CNCC(Cc1ccccc1F)Cc1sccc1Br. The van der Waals surface area contributed by atoms with Crippen LogP contribution in [0.25, 0.3) is 0 Å². The van der Waals surface area contributed by atoms with Gasteiger partial charge in [-0.3, -0.25) is 0 Å². The number of nitrogens with one attached hydrogen (secondary N) is 1. The van der Waals surface area contributed by atoms with Crippen LogP contribution >= 0.6 is 27.3 Å². The molecule has 0 radical (unpaired) electrons. The largest absolute Gasteiger partial charge is 0.319 e. The Morgan fingerprint density at radius 1 is 1.26 bits per heavy atom. The third kappa shape index (κ3) is 4.13. The highest BCUT2D eigenvalue weighted by molar-refractivity contribution is 9.10. The molecule has 19 heavy (non-hydrogen) atoms. The molecule has 0 bridgehead atoms. The van der Waals surface area contributed by atoms with E-state index < -0.39 is 0 Å². The van der Waals surface area contributed by atoms with Crippen LogP contribution in [0, 0.1) is 11.7 Å².